The number of amides is 1. The van der Waals surface area contributed by atoms with Crippen LogP contribution in [0.4, 0.5) is 0 Å². The van der Waals surface area contributed by atoms with Crippen LogP contribution in [0.2, 0.25) is 0 Å². The minimum Gasteiger partial charge on any atom is -0.392 e. The van der Waals surface area contributed by atoms with E-state index < -0.39 is 0 Å². The van der Waals surface area contributed by atoms with Gasteiger partial charge in [-0.1, -0.05) is 25.7 Å². The molecule has 0 spiro atoms. The van der Waals surface area contributed by atoms with Gasteiger partial charge in [-0.2, -0.15) is 0 Å². The third-order valence-electron chi connectivity index (χ3n) is 4.95. The fourth-order valence-electron chi connectivity index (χ4n) is 3.84. The highest BCUT2D eigenvalue weighted by Crippen LogP contribution is 2.42. The summed E-state index contributed by atoms with van der Waals surface area (Å²) in [6.07, 6.45) is 8.60. The Balaban J connectivity index is 1.63. The van der Waals surface area contributed by atoms with Crippen LogP contribution in [0.5, 0.6) is 0 Å². The molecule has 0 saturated heterocycles. The second kappa shape index (κ2) is 7.99. The average molecular weight is 282 g/mol. The summed E-state index contributed by atoms with van der Waals surface area (Å²) < 4.78 is 0. The molecule has 0 aromatic heterocycles. The molecule has 4 unspecified atom stereocenters. The van der Waals surface area contributed by atoms with Gasteiger partial charge in [-0.15, -0.1) is 0 Å². The molecule has 0 bridgehead atoms. The molecule has 0 aromatic rings. The predicted molar refractivity (Wildman–Crippen MR) is 80.3 cm³/mol. The summed E-state index contributed by atoms with van der Waals surface area (Å²) in [7, 11) is 0. The molecule has 1 amide bonds. The molecule has 2 fully saturated rings. The van der Waals surface area contributed by atoms with E-state index in [2.05, 4.69) is 10.6 Å². The van der Waals surface area contributed by atoms with Gasteiger partial charge in [-0.25, -0.2) is 0 Å². The fraction of sp³-hybridized carbons (Fsp3) is 0.938. The Hall–Kier alpha value is -0.610. The van der Waals surface area contributed by atoms with E-state index in [0.29, 0.717) is 13.1 Å². The van der Waals surface area contributed by atoms with Crippen LogP contribution in [0.3, 0.4) is 0 Å². The Morgan fingerprint density at radius 2 is 1.90 bits per heavy atom. The van der Waals surface area contributed by atoms with E-state index in [9.17, 15) is 4.79 Å². The van der Waals surface area contributed by atoms with Crippen LogP contribution >= 0.6 is 0 Å². The first kappa shape index (κ1) is 15.8. The normalized spacial score (nSPS) is 31.4. The second-order valence-corrected chi connectivity index (χ2v) is 6.66. The number of nitrogens with one attached hydrogen (secondary N) is 2. The zero-order valence-electron chi connectivity index (χ0n) is 12.7. The van der Waals surface area contributed by atoms with Crippen LogP contribution in [0.25, 0.3) is 0 Å². The Kier molecular flexibility index (Phi) is 6.30. The standard InChI is InChI=1S/C16H30N2O2/c1-12(19)11-17-8-9-18-16(20)15-7-6-13-4-2-3-5-14(13)10-15/h12-15,17,19H,2-11H2,1H3,(H,18,20). The van der Waals surface area contributed by atoms with Crippen molar-refractivity contribution in [1.82, 2.24) is 10.6 Å². The van der Waals surface area contributed by atoms with E-state index in [1.165, 1.54) is 32.1 Å². The highest BCUT2D eigenvalue weighted by molar-refractivity contribution is 5.78. The maximum absolute atomic E-state index is 12.2. The third kappa shape index (κ3) is 4.74. The van der Waals surface area contributed by atoms with Crippen molar-refractivity contribution in [2.45, 2.75) is 58.0 Å². The minimum atomic E-state index is -0.327. The predicted octanol–water partition coefficient (Wildman–Crippen LogP) is 1.68. The molecule has 3 N–H and O–H groups in total. The molecule has 2 aliphatic rings. The summed E-state index contributed by atoms with van der Waals surface area (Å²) in [4.78, 5) is 12.2. The lowest BCUT2D eigenvalue weighted by Crippen LogP contribution is -2.40. The topological polar surface area (TPSA) is 61.4 Å². The fourth-order valence-corrected chi connectivity index (χ4v) is 3.84. The molecule has 4 heteroatoms. The highest BCUT2D eigenvalue weighted by atomic mass is 16.3. The molecular formula is C16H30N2O2. The first-order valence-electron chi connectivity index (χ1n) is 8.33. The van der Waals surface area contributed by atoms with Gasteiger partial charge in [0.05, 0.1) is 6.10 Å². The Morgan fingerprint density at radius 3 is 2.65 bits per heavy atom. The zero-order chi connectivity index (χ0) is 14.4. The van der Waals surface area contributed by atoms with Crippen LogP contribution in [0.1, 0.15) is 51.9 Å². The molecule has 20 heavy (non-hydrogen) atoms. The van der Waals surface area contributed by atoms with Gasteiger partial charge in [0, 0.05) is 25.6 Å². The molecule has 2 aliphatic carbocycles. The largest absolute Gasteiger partial charge is 0.392 e. The van der Waals surface area contributed by atoms with Crippen molar-refractivity contribution in [2.75, 3.05) is 19.6 Å². The van der Waals surface area contributed by atoms with Crippen molar-refractivity contribution < 1.29 is 9.90 Å². The lowest BCUT2D eigenvalue weighted by molar-refractivity contribution is -0.127. The molecule has 0 radical (unpaired) electrons. The summed E-state index contributed by atoms with van der Waals surface area (Å²) >= 11 is 0. The molecule has 4 atom stereocenters. The van der Waals surface area contributed by atoms with Gasteiger partial charge < -0.3 is 15.7 Å². The molecule has 4 nitrogen and oxygen atoms in total. The lowest BCUT2D eigenvalue weighted by atomic mass is 9.67. The van der Waals surface area contributed by atoms with Gasteiger partial charge >= 0.3 is 0 Å². The molecular weight excluding hydrogens is 252 g/mol. The van der Waals surface area contributed by atoms with E-state index in [1.807, 2.05) is 0 Å². The summed E-state index contributed by atoms with van der Waals surface area (Å²) in [5.74, 6) is 2.20. The van der Waals surface area contributed by atoms with Crippen LogP contribution in [-0.2, 0) is 4.79 Å². The van der Waals surface area contributed by atoms with Crippen molar-refractivity contribution in [3.63, 3.8) is 0 Å². The van der Waals surface area contributed by atoms with Crippen molar-refractivity contribution in [1.29, 1.82) is 0 Å². The Morgan fingerprint density at radius 1 is 1.15 bits per heavy atom. The molecule has 0 heterocycles. The first-order valence-corrected chi connectivity index (χ1v) is 8.33. The summed E-state index contributed by atoms with van der Waals surface area (Å²) in [5.41, 5.74) is 0. The van der Waals surface area contributed by atoms with Gasteiger partial charge in [-0.05, 0) is 38.0 Å². The number of aliphatic hydroxyl groups is 1. The van der Waals surface area contributed by atoms with Gasteiger partial charge in [-0.3, -0.25) is 4.79 Å². The van der Waals surface area contributed by atoms with Crippen molar-refractivity contribution in [3.05, 3.63) is 0 Å². The number of carbonyl (C=O) groups excluding carboxylic acids is 1. The summed E-state index contributed by atoms with van der Waals surface area (Å²) in [6, 6.07) is 0. The van der Waals surface area contributed by atoms with E-state index >= 15 is 0 Å². The van der Waals surface area contributed by atoms with Crippen molar-refractivity contribution in [2.24, 2.45) is 17.8 Å². The number of rotatable bonds is 6. The third-order valence-corrected chi connectivity index (χ3v) is 4.95. The van der Waals surface area contributed by atoms with Crippen LogP contribution in [0.15, 0.2) is 0 Å². The average Bonchev–Trinajstić information content (AvgIpc) is 2.46. The van der Waals surface area contributed by atoms with E-state index in [4.69, 9.17) is 5.11 Å². The van der Waals surface area contributed by atoms with Gasteiger partial charge in [0.1, 0.15) is 0 Å². The van der Waals surface area contributed by atoms with Crippen molar-refractivity contribution in [3.8, 4) is 0 Å². The summed E-state index contributed by atoms with van der Waals surface area (Å²) in [5, 5.41) is 15.3. The number of hydrogen-bond donors (Lipinski definition) is 3. The number of aliphatic hydroxyl groups excluding tert-OH is 1. The maximum atomic E-state index is 12.2. The lowest BCUT2D eigenvalue weighted by Gasteiger charge is -2.38. The van der Waals surface area contributed by atoms with Crippen LogP contribution in [-0.4, -0.2) is 36.8 Å². The first-order chi connectivity index (χ1) is 9.66. The molecule has 2 rings (SSSR count). The number of carbonyl (C=O) groups is 1. The van der Waals surface area contributed by atoms with Crippen molar-refractivity contribution >= 4 is 5.91 Å². The maximum Gasteiger partial charge on any atom is 0.223 e. The Labute approximate surface area is 122 Å². The highest BCUT2D eigenvalue weighted by Gasteiger charge is 2.34. The smallest absolute Gasteiger partial charge is 0.223 e. The molecule has 2 saturated carbocycles. The van der Waals surface area contributed by atoms with E-state index in [0.717, 1.165) is 31.2 Å². The molecule has 116 valence electrons. The zero-order valence-corrected chi connectivity index (χ0v) is 12.7. The van der Waals surface area contributed by atoms with Crippen LogP contribution < -0.4 is 10.6 Å². The molecule has 0 aliphatic heterocycles. The van der Waals surface area contributed by atoms with Gasteiger partial charge in [0.15, 0.2) is 0 Å². The summed E-state index contributed by atoms with van der Waals surface area (Å²) in [6.45, 7) is 3.74. The number of fused-ring (bicyclic) bond motifs is 1. The monoisotopic (exact) mass is 282 g/mol. The number of hydrogen-bond acceptors (Lipinski definition) is 3. The second-order valence-electron chi connectivity index (χ2n) is 6.66. The van der Waals surface area contributed by atoms with Gasteiger partial charge in [0.25, 0.3) is 0 Å². The Bertz CT molecular complexity index is 307. The van der Waals surface area contributed by atoms with E-state index in [1.54, 1.807) is 6.92 Å². The SMILES string of the molecule is CC(O)CNCCNC(=O)C1CCC2CCCCC2C1. The van der Waals surface area contributed by atoms with Crippen LogP contribution in [0, 0.1) is 17.8 Å². The van der Waals surface area contributed by atoms with E-state index in [-0.39, 0.29) is 17.9 Å². The molecule has 0 aromatic carbocycles. The van der Waals surface area contributed by atoms with Gasteiger partial charge in [0.2, 0.25) is 5.91 Å². The quantitative estimate of drug-likeness (QED) is 0.650. The minimum absolute atomic E-state index is 0.242.